The van der Waals surface area contributed by atoms with Crippen molar-refractivity contribution in [1.82, 2.24) is 35.1 Å². The molecule has 5 heterocycles. The summed E-state index contributed by atoms with van der Waals surface area (Å²) in [7, 11) is 0. The van der Waals surface area contributed by atoms with E-state index in [1.165, 1.54) is 0 Å². The smallest absolute Gasteiger partial charge is 0.307 e. The monoisotopic (exact) mass is 363 g/mol. The fourth-order valence-electron chi connectivity index (χ4n) is 5.86. The fourth-order valence-corrected chi connectivity index (χ4v) is 5.86. The molecule has 9 heteroatoms. The Hall–Kier alpha value is -1.58. The number of amides is 4. The number of nitrogens with one attached hydrogen (secondary N) is 2. The number of carbonyl (C=O) groups excluding carboxylic acids is 2. The SMILES string of the molecule is CC1(C)CC(N2CN3C(=O)N4CNCN5C(=O)N(C2)C3C45)CC(C)(C)N1. The molecule has 0 aromatic carbocycles. The first kappa shape index (κ1) is 16.6. The van der Waals surface area contributed by atoms with Gasteiger partial charge in [0.05, 0.1) is 26.7 Å². The van der Waals surface area contributed by atoms with E-state index < -0.39 is 0 Å². The third-order valence-corrected chi connectivity index (χ3v) is 6.44. The summed E-state index contributed by atoms with van der Waals surface area (Å²) in [4.78, 5) is 35.6. The second kappa shape index (κ2) is 5.02. The third-order valence-electron chi connectivity index (χ3n) is 6.44. The zero-order valence-corrected chi connectivity index (χ0v) is 16.0. The molecule has 0 aromatic heterocycles. The van der Waals surface area contributed by atoms with Crippen molar-refractivity contribution >= 4 is 12.1 Å². The Morgan fingerprint density at radius 2 is 1.27 bits per heavy atom. The van der Waals surface area contributed by atoms with Crippen molar-refractivity contribution in [1.29, 1.82) is 0 Å². The van der Waals surface area contributed by atoms with E-state index in [1.54, 1.807) is 9.80 Å². The van der Waals surface area contributed by atoms with Gasteiger partial charge in [-0.3, -0.25) is 29.8 Å². The Balaban J connectivity index is 1.45. The second-order valence-electron chi connectivity index (χ2n) is 9.66. The number of urea groups is 2. The summed E-state index contributed by atoms with van der Waals surface area (Å²) in [6.45, 7) is 11.2. The lowest BCUT2D eigenvalue weighted by molar-refractivity contribution is -0.0556. The normalized spacial score (nSPS) is 32.0. The van der Waals surface area contributed by atoms with Crippen molar-refractivity contribution in [3.8, 4) is 0 Å². The molecule has 9 nitrogen and oxygen atoms in total. The highest BCUT2D eigenvalue weighted by atomic mass is 16.2. The molecule has 5 aliphatic heterocycles. The quantitative estimate of drug-likeness (QED) is 0.695. The zero-order valence-electron chi connectivity index (χ0n) is 16.0. The maximum Gasteiger partial charge on any atom is 0.325 e. The van der Waals surface area contributed by atoms with Crippen molar-refractivity contribution in [2.24, 2.45) is 0 Å². The molecule has 0 bridgehead atoms. The Bertz CT molecular complexity index is 615. The van der Waals surface area contributed by atoms with Crippen molar-refractivity contribution in [2.45, 2.75) is 70.0 Å². The lowest BCUT2D eigenvalue weighted by atomic mass is 9.79. The summed E-state index contributed by atoms with van der Waals surface area (Å²) >= 11 is 0. The molecule has 144 valence electrons. The molecule has 0 aliphatic carbocycles. The number of nitrogens with zero attached hydrogens (tertiary/aromatic N) is 5. The third kappa shape index (κ3) is 2.20. The predicted molar refractivity (Wildman–Crippen MR) is 94.5 cm³/mol. The molecule has 5 fully saturated rings. The Morgan fingerprint density at radius 3 is 1.77 bits per heavy atom. The minimum atomic E-state index is -0.143. The molecule has 0 radical (unpaired) electrons. The van der Waals surface area contributed by atoms with Crippen LogP contribution >= 0.6 is 0 Å². The Kier molecular flexibility index (Phi) is 3.20. The van der Waals surface area contributed by atoms with Crippen LogP contribution in [0.1, 0.15) is 40.5 Å². The van der Waals surface area contributed by atoms with Crippen molar-refractivity contribution in [3.05, 3.63) is 0 Å². The predicted octanol–water partition coefficient (Wildman–Crippen LogP) is 0.172. The molecule has 2 N–H and O–H groups in total. The van der Waals surface area contributed by atoms with Crippen molar-refractivity contribution < 1.29 is 9.59 Å². The van der Waals surface area contributed by atoms with Crippen LogP contribution in [0.15, 0.2) is 0 Å². The molecule has 0 spiro atoms. The molecular weight excluding hydrogens is 334 g/mol. The van der Waals surface area contributed by atoms with Crippen LogP contribution in [0.4, 0.5) is 9.59 Å². The Morgan fingerprint density at radius 1 is 0.808 bits per heavy atom. The van der Waals surface area contributed by atoms with E-state index >= 15 is 0 Å². The van der Waals surface area contributed by atoms with Gasteiger partial charge in [-0.2, -0.15) is 0 Å². The molecule has 4 amide bonds. The van der Waals surface area contributed by atoms with Gasteiger partial charge in [0, 0.05) is 17.1 Å². The summed E-state index contributed by atoms with van der Waals surface area (Å²) in [5.74, 6) is 0. The average Bonchev–Trinajstić information content (AvgIpc) is 2.99. The van der Waals surface area contributed by atoms with E-state index in [0.29, 0.717) is 32.7 Å². The van der Waals surface area contributed by atoms with Gasteiger partial charge in [-0.25, -0.2) is 9.59 Å². The van der Waals surface area contributed by atoms with Gasteiger partial charge in [-0.05, 0) is 40.5 Å². The molecule has 5 rings (SSSR count). The number of piperidine rings is 1. The van der Waals surface area contributed by atoms with Crippen LogP contribution in [-0.2, 0) is 0 Å². The second-order valence-corrected chi connectivity index (χ2v) is 9.66. The maximum atomic E-state index is 12.9. The largest absolute Gasteiger partial charge is 0.325 e. The minimum Gasteiger partial charge on any atom is -0.307 e. The van der Waals surface area contributed by atoms with Gasteiger partial charge in [-0.15, -0.1) is 0 Å². The van der Waals surface area contributed by atoms with Gasteiger partial charge in [0.15, 0.2) is 12.3 Å². The van der Waals surface area contributed by atoms with E-state index in [1.807, 2.05) is 9.80 Å². The van der Waals surface area contributed by atoms with Gasteiger partial charge in [-0.1, -0.05) is 0 Å². The van der Waals surface area contributed by atoms with Crippen molar-refractivity contribution in [2.75, 3.05) is 26.7 Å². The first-order chi connectivity index (χ1) is 12.2. The first-order valence-electron chi connectivity index (χ1n) is 9.56. The van der Waals surface area contributed by atoms with Crippen LogP contribution < -0.4 is 10.6 Å². The topological polar surface area (TPSA) is 74.4 Å². The summed E-state index contributed by atoms with van der Waals surface area (Å²) in [5, 5.41) is 6.88. The fraction of sp³-hybridized carbons (Fsp3) is 0.882. The van der Waals surface area contributed by atoms with E-state index in [9.17, 15) is 9.59 Å². The van der Waals surface area contributed by atoms with Gasteiger partial charge in [0.2, 0.25) is 0 Å². The lowest BCUT2D eigenvalue weighted by Crippen LogP contribution is -2.67. The molecule has 0 unspecified atom stereocenters. The lowest BCUT2D eigenvalue weighted by Gasteiger charge is -2.52. The summed E-state index contributed by atoms with van der Waals surface area (Å²) in [6, 6.07) is 0.407. The van der Waals surface area contributed by atoms with Crippen molar-refractivity contribution in [3.63, 3.8) is 0 Å². The molecule has 0 aromatic rings. The van der Waals surface area contributed by atoms with E-state index in [4.69, 9.17) is 0 Å². The molecule has 26 heavy (non-hydrogen) atoms. The van der Waals surface area contributed by atoms with Crippen LogP contribution in [0, 0.1) is 0 Å². The number of rotatable bonds is 1. The van der Waals surface area contributed by atoms with E-state index in [0.717, 1.165) is 12.8 Å². The maximum absolute atomic E-state index is 12.9. The van der Waals surface area contributed by atoms with Gasteiger partial charge < -0.3 is 5.32 Å². The van der Waals surface area contributed by atoms with Gasteiger partial charge >= 0.3 is 12.1 Å². The van der Waals surface area contributed by atoms with E-state index in [-0.39, 0.29) is 35.5 Å². The number of carbonyl (C=O) groups is 2. The standard InChI is InChI=1S/C17H29N7O2/c1-16(2)5-11(6-17(3,4)19-16)20-9-23-13-12-21(14(23)25)7-18-8-22(12)15(26)24(13)10-20/h11-13,18-19H,5-10H2,1-4H3. The van der Waals surface area contributed by atoms with Gasteiger partial charge in [0.1, 0.15) is 0 Å². The van der Waals surface area contributed by atoms with Crippen LogP contribution in [0.25, 0.3) is 0 Å². The highest BCUT2D eigenvalue weighted by molar-refractivity contribution is 5.85. The summed E-state index contributed by atoms with van der Waals surface area (Å²) in [6.07, 6.45) is 1.73. The number of hydrogen-bond donors (Lipinski definition) is 2. The van der Waals surface area contributed by atoms with E-state index in [2.05, 4.69) is 43.2 Å². The van der Waals surface area contributed by atoms with Crippen LogP contribution in [0.5, 0.6) is 0 Å². The zero-order chi connectivity index (χ0) is 18.4. The average molecular weight is 363 g/mol. The van der Waals surface area contributed by atoms with Gasteiger partial charge in [0.25, 0.3) is 0 Å². The van der Waals surface area contributed by atoms with Crippen LogP contribution in [0.2, 0.25) is 0 Å². The molecule has 5 aliphatic rings. The highest BCUT2D eigenvalue weighted by Crippen LogP contribution is 2.40. The first-order valence-corrected chi connectivity index (χ1v) is 9.56. The van der Waals surface area contributed by atoms with Crippen LogP contribution in [0.3, 0.4) is 0 Å². The molecule has 0 saturated carbocycles. The number of hydrogen-bond acceptors (Lipinski definition) is 5. The molecular formula is C17H29N7O2. The molecule has 5 saturated heterocycles. The Labute approximate surface area is 154 Å². The summed E-state index contributed by atoms with van der Waals surface area (Å²) in [5.41, 5.74) is 0.0620. The van der Waals surface area contributed by atoms with Crippen LogP contribution in [-0.4, -0.2) is 92.7 Å². The summed E-state index contributed by atoms with van der Waals surface area (Å²) < 4.78 is 0. The molecule has 0 atom stereocenters. The highest BCUT2D eigenvalue weighted by Gasteiger charge is 2.62. The minimum absolute atomic E-state index is 0.0310.